The molecule has 4 fully saturated rings. The van der Waals surface area contributed by atoms with E-state index in [9.17, 15) is 0 Å². The molecule has 4 bridgehead atoms. The fraction of sp³-hybridized carbons (Fsp3) is 0.760. The standard InChI is InChI=1S/C25H40P2/c1-17-8-9-20(16-27(24(2,3)4)25(5,6)7)22(10-17)23-21-12-18-11-19(13-21)15-26(23)14-18/h8-10,18-19,21,23H,11-16H2,1-7H3. The monoisotopic (exact) mass is 402 g/mol. The van der Waals surface area contributed by atoms with Gasteiger partial charge in [0, 0.05) is 5.66 Å². The SMILES string of the molecule is Cc1ccc(CP(C(C)(C)C)C(C)(C)C)c(C2C3CC4CC(C3)CP2C4)c1. The second kappa shape index (κ2) is 7.10. The number of benzene rings is 1. The second-order valence-electron chi connectivity index (χ2n) is 11.7. The lowest BCUT2D eigenvalue weighted by molar-refractivity contribution is 0.186. The number of hydrogen-bond acceptors (Lipinski definition) is 0. The highest BCUT2D eigenvalue weighted by Gasteiger charge is 2.49. The molecule has 0 N–H and O–H groups in total. The molecule has 1 saturated carbocycles. The minimum absolute atomic E-state index is 0.0735. The maximum Gasteiger partial charge on any atom is 0.00734 e. The quantitative estimate of drug-likeness (QED) is 0.447. The van der Waals surface area contributed by atoms with Gasteiger partial charge in [0.25, 0.3) is 0 Å². The van der Waals surface area contributed by atoms with Crippen LogP contribution in [0.25, 0.3) is 0 Å². The van der Waals surface area contributed by atoms with Crippen LogP contribution in [0, 0.1) is 24.7 Å². The lowest BCUT2D eigenvalue weighted by atomic mass is 9.72. The van der Waals surface area contributed by atoms with Gasteiger partial charge in [-0.25, -0.2) is 0 Å². The molecule has 2 heteroatoms. The average Bonchev–Trinajstić information content (AvgIpc) is 2.50. The summed E-state index contributed by atoms with van der Waals surface area (Å²) in [4.78, 5) is 0. The summed E-state index contributed by atoms with van der Waals surface area (Å²) in [5.74, 6) is 3.21. The van der Waals surface area contributed by atoms with Crippen molar-refractivity contribution in [2.45, 2.75) is 89.9 Å². The predicted molar refractivity (Wildman–Crippen MR) is 125 cm³/mol. The summed E-state index contributed by atoms with van der Waals surface area (Å²) in [6, 6.07) is 7.53. The summed E-state index contributed by atoms with van der Waals surface area (Å²) in [5.41, 5.74) is 5.93. The molecule has 1 aromatic carbocycles. The van der Waals surface area contributed by atoms with E-state index in [4.69, 9.17) is 0 Å². The zero-order valence-electron chi connectivity index (χ0n) is 18.7. The van der Waals surface area contributed by atoms with E-state index in [1.165, 1.54) is 11.7 Å². The van der Waals surface area contributed by atoms with E-state index in [0.717, 1.165) is 23.4 Å². The Balaban J connectivity index is 1.69. The lowest BCUT2D eigenvalue weighted by Gasteiger charge is -2.55. The van der Waals surface area contributed by atoms with Crippen molar-refractivity contribution in [2.24, 2.45) is 17.8 Å². The Bertz CT molecular complexity index is 649. The molecule has 1 aromatic rings. The molecule has 0 radical (unpaired) electrons. The molecule has 0 spiro atoms. The van der Waals surface area contributed by atoms with Crippen molar-refractivity contribution < 1.29 is 0 Å². The Morgan fingerprint density at radius 1 is 0.926 bits per heavy atom. The van der Waals surface area contributed by atoms with Gasteiger partial charge in [-0.3, -0.25) is 0 Å². The van der Waals surface area contributed by atoms with Crippen LogP contribution >= 0.6 is 15.8 Å². The molecule has 5 rings (SSSR count). The van der Waals surface area contributed by atoms with Crippen molar-refractivity contribution in [2.75, 3.05) is 12.3 Å². The maximum absolute atomic E-state index is 2.61. The summed E-state index contributed by atoms with van der Waals surface area (Å²) in [5, 5.41) is 0.816. The van der Waals surface area contributed by atoms with Gasteiger partial charge < -0.3 is 0 Å². The van der Waals surface area contributed by atoms with Crippen LogP contribution in [0.5, 0.6) is 0 Å². The predicted octanol–water partition coefficient (Wildman–Crippen LogP) is 8.16. The summed E-state index contributed by atoms with van der Waals surface area (Å²) >= 11 is 0. The first-order valence-corrected chi connectivity index (χ1v) is 14.4. The molecule has 3 aliphatic heterocycles. The van der Waals surface area contributed by atoms with Gasteiger partial charge in [0.15, 0.2) is 0 Å². The van der Waals surface area contributed by atoms with Crippen molar-refractivity contribution >= 4 is 15.8 Å². The zero-order valence-corrected chi connectivity index (χ0v) is 20.5. The van der Waals surface area contributed by atoms with Crippen LogP contribution < -0.4 is 0 Å². The summed E-state index contributed by atoms with van der Waals surface area (Å²) in [7, 11) is 0.173. The van der Waals surface area contributed by atoms with Crippen molar-refractivity contribution in [3.63, 3.8) is 0 Å². The molecule has 0 nitrogen and oxygen atoms in total. The molecular weight excluding hydrogens is 362 g/mol. The number of rotatable bonds is 3. The first kappa shape index (κ1) is 20.4. The fourth-order valence-corrected chi connectivity index (χ4v) is 14.3. The van der Waals surface area contributed by atoms with E-state index in [1.807, 2.05) is 0 Å². The maximum atomic E-state index is 2.61. The van der Waals surface area contributed by atoms with E-state index in [2.05, 4.69) is 66.7 Å². The number of hydrogen-bond donors (Lipinski definition) is 0. The van der Waals surface area contributed by atoms with E-state index >= 15 is 0 Å². The molecule has 150 valence electrons. The Morgan fingerprint density at radius 2 is 1.52 bits per heavy atom. The van der Waals surface area contributed by atoms with Gasteiger partial charge in [-0.05, 0) is 83.9 Å². The molecule has 3 heterocycles. The molecule has 1 aliphatic carbocycles. The third-order valence-electron chi connectivity index (χ3n) is 7.33. The van der Waals surface area contributed by atoms with Crippen molar-refractivity contribution in [3.8, 4) is 0 Å². The minimum Gasteiger partial charge on any atom is -0.0982 e. The van der Waals surface area contributed by atoms with Crippen LogP contribution in [0.2, 0.25) is 0 Å². The van der Waals surface area contributed by atoms with Gasteiger partial charge >= 0.3 is 0 Å². The van der Waals surface area contributed by atoms with Gasteiger partial charge in [-0.2, -0.15) is 0 Å². The fourth-order valence-electron chi connectivity index (χ4n) is 6.67. The third-order valence-corrected chi connectivity index (χ3v) is 14.7. The van der Waals surface area contributed by atoms with Gasteiger partial charge in [0.1, 0.15) is 0 Å². The Labute approximate surface area is 170 Å². The van der Waals surface area contributed by atoms with Gasteiger partial charge in [-0.15, -0.1) is 0 Å². The summed E-state index contributed by atoms with van der Waals surface area (Å²) in [6.45, 7) is 17.2. The van der Waals surface area contributed by atoms with Crippen molar-refractivity contribution in [3.05, 3.63) is 34.9 Å². The van der Waals surface area contributed by atoms with Crippen molar-refractivity contribution in [1.29, 1.82) is 0 Å². The van der Waals surface area contributed by atoms with Crippen LogP contribution in [0.3, 0.4) is 0 Å². The van der Waals surface area contributed by atoms with Crippen LogP contribution in [0.1, 0.15) is 83.2 Å². The zero-order chi connectivity index (χ0) is 19.6. The summed E-state index contributed by atoms with van der Waals surface area (Å²) < 4.78 is 0. The Morgan fingerprint density at radius 3 is 2.04 bits per heavy atom. The normalized spacial score (nSPS) is 33.1. The van der Waals surface area contributed by atoms with E-state index < -0.39 is 0 Å². The second-order valence-corrected chi connectivity index (χ2v) is 18.0. The Kier molecular flexibility index (Phi) is 5.35. The molecule has 4 aliphatic rings. The van der Waals surface area contributed by atoms with E-state index in [0.29, 0.717) is 10.3 Å². The van der Waals surface area contributed by atoms with Crippen molar-refractivity contribution in [1.82, 2.24) is 0 Å². The highest BCUT2D eigenvalue weighted by molar-refractivity contribution is 7.60. The van der Waals surface area contributed by atoms with Gasteiger partial charge in [0.2, 0.25) is 0 Å². The molecule has 27 heavy (non-hydrogen) atoms. The molecular formula is C25H40P2. The molecule has 3 atom stereocenters. The average molecular weight is 403 g/mol. The first-order valence-electron chi connectivity index (χ1n) is 11.1. The van der Waals surface area contributed by atoms with E-state index in [-0.39, 0.29) is 15.8 Å². The van der Waals surface area contributed by atoms with Gasteiger partial charge in [0.05, 0.1) is 0 Å². The molecule has 0 aromatic heterocycles. The first-order chi connectivity index (χ1) is 12.5. The lowest BCUT2D eigenvalue weighted by Crippen LogP contribution is -2.40. The topological polar surface area (TPSA) is 0 Å². The largest absolute Gasteiger partial charge is 0.0982 e. The molecule has 3 saturated heterocycles. The molecule has 3 unspecified atom stereocenters. The minimum atomic E-state index is -0.0735. The highest BCUT2D eigenvalue weighted by atomic mass is 31.1. The summed E-state index contributed by atoms with van der Waals surface area (Å²) in [6.07, 6.45) is 9.15. The van der Waals surface area contributed by atoms with E-state index in [1.54, 1.807) is 42.7 Å². The van der Waals surface area contributed by atoms with Crippen LogP contribution in [-0.2, 0) is 6.16 Å². The smallest absolute Gasteiger partial charge is 0.00734 e. The highest BCUT2D eigenvalue weighted by Crippen LogP contribution is 2.71. The number of aryl methyl sites for hydroxylation is 1. The van der Waals surface area contributed by atoms with Crippen LogP contribution in [-0.4, -0.2) is 22.6 Å². The third kappa shape index (κ3) is 4.05. The van der Waals surface area contributed by atoms with Gasteiger partial charge in [-0.1, -0.05) is 81.1 Å². The molecule has 0 amide bonds. The van der Waals surface area contributed by atoms with Crippen LogP contribution in [0.4, 0.5) is 0 Å². The Hall–Kier alpha value is 0.0800. The van der Waals surface area contributed by atoms with Crippen LogP contribution in [0.15, 0.2) is 18.2 Å².